The van der Waals surface area contributed by atoms with Crippen molar-refractivity contribution >= 4 is 45.8 Å². The molecule has 0 bridgehead atoms. The summed E-state index contributed by atoms with van der Waals surface area (Å²) in [6, 6.07) is 15.4. The second kappa shape index (κ2) is 14.8. The zero-order chi connectivity index (χ0) is 24.1. The van der Waals surface area contributed by atoms with Gasteiger partial charge in [-0.05, 0) is 62.9 Å². The summed E-state index contributed by atoms with van der Waals surface area (Å²) in [5.74, 6) is -1.54. The molecule has 164 valence electrons. The molecule has 0 radical (unpaired) electrons. The smallest absolute Gasteiger partial charge is 0.478 e. The second-order valence-electron chi connectivity index (χ2n) is 6.20. The maximum absolute atomic E-state index is 11.0. The predicted octanol–water partition coefficient (Wildman–Crippen LogP) is 3.15. The van der Waals surface area contributed by atoms with Crippen LogP contribution in [0.2, 0.25) is 0 Å². The van der Waals surface area contributed by atoms with Crippen molar-refractivity contribution in [2.24, 2.45) is 5.11 Å². The number of azide groups is 1. The van der Waals surface area contributed by atoms with Gasteiger partial charge in [0.2, 0.25) is 5.91 Å². The molecule has 0 spiro atoms. The predicted molar refractivity (Wildman–Crippen MR) is 127 cm³/mol. The van der Waals surface area contributed by atoms with Gasteiger partial charge in [-0.2, -0.15) is 0 Å². The molecule has 11 nitrogen and oxygen atoms in total. The van der Waals surface area contributed by atoms with Gasteiger partial charge in [0.05, 0.1) is 11.0 Å². The van der Waals surface area contributed by atoms with Crippen LogP contribution in [0.3, 0.4) is 0 Å². The van der Waals surface area contributed by atoms with Crippen molar-refractivity contribution in [3.63, 3.8) is 0 Å². The number of hydrogen-bond donors (Lipinski definition) is 3. The molecular formula is C22H17N8NaO3. The molecule has 0 saturated heterocycles. The van der Waals surface area contributed by atoms with E-state index in [9.17, 15) is 9.59 Å². The number of aromatic nitrogens is 2. The molecular weight excluding hydrogens is 447 g/mol. The monoisotopic (exact) mass is 464 g/mol. The second-order valence-corrected chi connectivity index (χ2v) is 6.20. The SMILES string of the molecule is O=C(O)/C=C/c1cccc2cc[nH]c12.[N-]=[N+]=NC(=O)/C=C/c1cccc2cc[nH]c12.[N-]=[N+]=[N-].[Na+]. The number of H-pyrrole nitrogens is 2. The van der Waals surface area contributed by atoms with Gasteiger partial charge in [-0.3, -0.25) is 9.71 Å². The normalized spacial score (nSPS) is 9.76. The van der Waals surface area contributed by atoms with Crippen LogP contribution < -0.4 is 29.6 Å². The Morgan fingerprint density at radius 1 is 0.824 bits per heavy atom. The van der Waals surface area contributed by atoms with Gasteiger partial charge in [0.15, 0.2) is 0 Å². The van der Waals surface area contributed by atoms with E-state index >= 15 is 0 Å². The van der Waals surface area contributed by atoms with E-state index in [1.54, 1.807) is 12.2 Å². The number of carboxylic acids is 1. The molecule has 4 rings (SSSR count). The van der Waals surface area contributed by atoms with Crippen molar-refractivity contribution in [3.05, 3.63) is 111 Å². The average molecular weight is 464 g/mol. The summed E-state index contributed by atoms with van der Waals surface area (Å²) in [5, 5.41) is 13.6. The first-order valence-corrected chi connectivity index (χ1v) is 9.29. The van der Waals surface area contributed by atoms with Gasteiger partial charge in [-0.25, -0.2) is 4.79 Å². The third kappa shape index (κ3) is 8.36. The van der Waals surface area contributed by atoms with E-state index in [4.69, 9.17) is 21.7 Å². The molecule has 1 amide bonds. The molecule has 3 N–H and O–H groups in total. The molecule has 2 aromatic heterocycles. The van der Waals surface area contributed by atoms with E-state index in [1.807, 2.05) is 60.9 Å². The van der Waals surface area contributed by atoms with Crippen molar-refractivity contribution in [3.8, 4) is 0 Å². The summed E-state index contributed by atoms with van der Waals surface area (Å²) in [6.07, 6.45) is 9.25. The topological polar surface area (TPSA) is 193 Å². The zero-order valence-corrected chi connectivity index (χ0v) is 20.0. The summed E-state index contributed by atoms with van der Waals surface area (Å²) in [5.41, 5.74) is 25.2. The third-order valence-electron chi connectivity index (χ3n) is 4.19. The van der Waals surface area contributed by atoms with Gasteiger partial charge >= 0.3 is 35.5 Å². The summed E-state index contributed by atoms with van der Waals surface area (Å²) in [6.45, 7) is 0. The van der Waals surface area contributed by atoms with Crippen LogP contribution in [0, 0.1) is 0 Å². The van der Waals surface area contributed by atoms with E-state index in [0.29, 0.717) is 0 Å². The number of fused-ring (bicyclic) bond motifs is 2. The van der Waals surface area contributed by atoms with Gasteiger partial charge in [0.25, 0.3) is 0 Å². The molecule has 0 unspecified atom stereocenters. The molecule has 34 heavy (non-hydrogen) atoms. The van der Waals surface area contributed by atoms with E-state index in [1.165, 1.54) is 11.0 Å². The maximum atomic E-state index is 11.0. The first kappa shape index (κ1) is 27.8. The van der Waals surface area contributed by atoms with Crippen molar-refractivity contribution in [1.29, 1.82) is 0 Å². The third-order valence-corrected chi connectivity index (χ3v) is 4.19. The molecule has 0 saturated carbocycles. The number of aliphatic carboxylic acids is 1. The van der Waals surface area contributed by atoms with Crippen LogP contribution in [0.4, 0.5) is 0 Å². The number of para-hydroxylation sites is 2. The molecule has 0 aliphatic rings. The van der Waals surface area contributed by atoms with Crippen LogP contribution in [-0.2, 0) is 9.59 Å². The Labute approximate surface area is 215 Å². The number of carboxylic acid groups (broad SMARTS) is 1. The summed E-state index contributed by atoms with van der Waals surface area (Å²) < 4.78 is 0. The molecule has 12 heteroatoms. The molecule has 0 fully saturated rings. The number of nitrogens with one attached hydrogen (secondary N) is 2. The number of rotatable bonds is 4. The van der Waals surface area contributed by atoms with Gasteiger partial charge in [-0.1, -0.05) is 36.4 Å². The van der Waals surface area contributed by atoms with Crippen LogP contribution in [0.25, 0.3) is 60.4 Å². The minimum Gasteiger partial charge on any atom is -0.478 e. The minimum atomic E-state index is -0.937. The largest absolute Gasteiger partial charge is 1.00 e. The Balaban J connectivity index is 0.000000299. The molecule has 2 aromatic carbocycles. The van der Waals surface area contributed by atoms with Crippen LogP contribution >= 0.6 is 0 Å². The van der Waals surface area contributed by atoms with Crippen molar-refractivity contribution in [2.45, 2.75) is 0 Å². The molecule has 0 aliphatic heterocycles. The number of amides is 1. The summed E-state index contributed by atoms with van der Waals surface area (Å²) in [7, 11) is 0. The van der Waals surface area contributed by atoms with Crippen molar-refractivity contribution < 1.29 is 44.3 Å². The fraction of sp³-hybridized carbons (Fsp3) is 0. The minimum absolute atomic E-state index is 0. The van der Waals surface area contributed by atoms with Gasteiger partial charge < -0.3 is 26.1 Å². The fourth-order valence-electron chi connectivity index (χ4n) is 2.90. The summed E-state index contributed by atoms with van der Waals surface area (Å²) in [4.78, 5) is 31.4. The van der Waals surface area contributed by atoms with Gasteiger partial charge in [-0.15, -0.1) is 0 Å². The number of aromatic amines is 2. The summed E-state index contributed by atoms with van der Waals surface area (Å²) >= 11 is 0. The Kier molecular flexibility index (Phi) is 12.1. The number of carbonyl (C=O) groups is 2. The molecule has 2 heterocycles. The standard InChI is InChI=1S/C11H8N4O.C11H9NO2.N3.Na/c12-15-14-10(16)5-4-8-2-1-3-9-6-7-13-11(8)9;13-10(14)5-4-8-2-1-3-9-6-7-12-11(8)9;1-3-2;/h1-7,13H;1-7,12H,(H,13,14);;/q;;-1;+1/b2*5-4+;;. The van der Waals surface area contributed by atoms with E-state index in [-0.39, 0.29) is 29.6 Å². The number of carbonyl (C=O) groups excluding carboxylic acids is 1. The molecule has 0 atom stereocenters. The Bertz CT molecular complexity index is 1410. The number of hydrogen-bond acceptors (Lipinski definition) is 2. The van der Waals surface area contributed by atoms with Crippen LogP contribution in [0.5, 0.6) is 0 Å². The average Bonchev–Trinajstić information content (AvgIpc) is 3.47. The fourth-order valence-corrected chi connectivity index (χ4v) is 2.90. The number of nitrogens with zero attached hydrogens (tertiary/aromatic N) is 6. The Morgan fingerprint density at radius 2 is 1.29 bits per heavy atom. The number of benzene rings is 2. The molecule has 4 aromatic rings. The van der Waals surface area contributed by atoms with Gasteiger partial charge in [0.1, 0.15) is 0 Å². The quantitative estimate of drug-likeness (QED) is 0.137. The zero-order valence-electron chi connectivity index (χ0n) is 18.0. The first-order chi connectivity index (χ1) is 16.0. The van der Waals surface area contributed by atoms with Crippen molar-refractivity contribution in [2.75, 3.05) is 0 Å². The molecule has 0 aliphatic carbocycles. The van der Waals surface area contributed by atoms with Crippen LogP contribution in [-0.4, -0.2) is 27.0 Å². The Hall–Kier alpha value is -4.24. The first-order valence-electron chi connectivity index (χ1n) is 9.29. The Morgan fingerprint density at radius 3 is 1.74 bits per heavy atom. The van der Waals surface area contributed by atoms with E-state index in [2.05, 4.69) is 20.0 Å². The van der Waals surface area contributed by atoms with Gasteiger partial charge in [0, 0.05) is 23.4 Å². The maximum Gasteiger partial charge on any atom is 1.00 e. The van der Waals surface area contributed by atoms with Crippen LogP contribution in [0.1, 0.15) is 11.1 Å². The van der Waals surface area contributed by atoms with Crippen molar-refractivity contribution in [1.82, 2.24) is 9.97 Å². The van der Waals surface area contributed by atoms with Crippen LogP contribution in [0.15, 0.2) is 78.2 Å². The van der Waals surface area contributed by atoms with E-state index in [0.717, 1.165) is 39.0 Å². The van der Waals surface area contributed by atoms with E-state index < -0.39 is 11.9 Å².